The summed E-state index contributed by atoms with van der Waals surface area (Å²) in [4.78, 5) is 25.3. The van der Waals surface area contributed by atoms with E-state index in [0.29, 0.717) is 13.0 Å². The Bertz CT molecular complexity index is 751. The van der Waals surface area contributed by atoms with Crippen LogP contribution >= 0.6 is 0 Å². The SMILES string of the molecule is COc1ccccc1CC1CCCN1C(=O)c1ccc(C(=O)O)o1. The standard InChI is InChI=1S/C18H19NO5/c1-23-14-7-3-2-5-12(14)11-13-6-4-10-19(13)17(20)15-8-9-16(24-15)18(21)22/h2-3,5,7-9,13H,4,6,10-11H2,1H3,(H,21,22). The number of carboxylic acids is 1. The maximum atomic E-state index is 12.6. The zero-order valence-electron chi connectivity index (χ0n) is 13.4. The summed E-state index contributed by atoms with van der Waals surface area (Å²) >= 11 is 0. The first-order valence-corrected chi connectivity index (χ1v) is 7.86. The summed E-state index contributed by atoms with van der Waals surface area (Å²) < 4.78 is 10.5. The summed E-state index contributed by atoms with van der Waals surface area (Å²) in [5.74, 6) is -0.790. The van der Waals surface area contributed by atoms with Crippen molar-refractivity contribution in [3.8, 4) is 5.75 Å². The van der Waals surface area contributed by atoms with Gasteiger partial charge in [0, 0.05) is 12.6 Å². The second-order valence-corrected chi connectivity index (χ2v) is 5.78. The van der Waals surface area contributed by atoms with E-state index in [0.717, 1.165) is 24.2 Å². The molecule has 24 heavy (non-hydrogen) atoms. The Morgan fingerprint density at radius 2 is 2.00 bits per heavy atom. The van der Waals surface area contributed by atoms with Gasteiger partial charge in [-0.05, 0) is 43.0 Å². The molecule has 1 saturated heterocycles. The first kappa shape index (κ1) is 16.1. The summed E-state index contributed by atoms with van der Waals surface area (Å²) in [5.41, 5.74) is 1.05. The van der Waals surface area contributed by atoms with Gasteiger partial charge in [0.15, 0.2) is 5.76 Å². The zero-order valence-corrected chi connectivity index (χ0v) is 13.4. The van der Waals surface area contributed by atoms with E-state index in [4.69, 9.17) is 14.3 Å². The highest BCUT2D eigenvalue weighted by Crippen LogP contribution is 2.27. The Labute approximate surface area is 139 Å². The van der Waals surface area contributed by atoms with Gasteiger partial charge in [-0.25, -0.2) is 4.79 Å². The highest BCUT2D eigenvalue weighted by atomic mass is 16.5. The van der Waals surface area contributed by atoms with Crippen molar-refractivity contribution in [3.63, 3.8) is 0 Å². The maximum absolute atomic E-state index is 12.6. The number of rotatable bonds is 5. The fourth-order valence-electron chi connectivity index (χ4n) is 3.15. The van der Waals surface area contributed by atoms with Gasteiger partial charge >= 0.3 is 5.97 Å². The Kier molecular flexibility index (Phi) is 4.55. The molecular weight excluding hydrogens is 310 g/mol. The number of carbonyl (C=O) groups is 2. The van der Waals surface area contributed by atoms with Crippen molar-refractivity contribution < 1.29 is 23.8 Å². The van der Waals surface area contributed by atoms with Crippen molar-refractivity contribution in [3.05, 3.63) is 53.5 Å². The van der Waals surface area contributed by atoms with Crippen LogP contribution in [0, 0.1) is 0 Å². The van der Waals surface area contributed by atoms with Gasteiger partial charge in [-0.2, -0.15) is 0 Å². The minimum atomic E-state index is -1.18. The quantitative estimate of drug-likeness (QED) is 0.912. The molecule has 6 nitrogen and oxygen atoms in total. The number of hydrogen-bond acceptors (Lipinski definition) is 4. The van der Waals surface area contributed by atoms with Gasteiger partial charge < -0.3 is 19.2 Å². The predicted octanol–water partition coefficient (Wildman–Crippen LogP) is 2.83. The minimum absolute atomic E-state index is 0.0483. The van der Waals surface area contributed by atoms with E-state index in [2.05, 4.69) is 0 Å². The Balaban J connectivity index is 1.77. The number of ether oxygens (including phenoxy) is 1. The molecule has 1 amide bonds. The van der Waals surface area contributed by atoms with Gasteiger partial charge in [0.1, 0.15) is 5.75 Å². The molecule has 0 radical (unpaired) electrons. The van der Waals surface area contributed by atoms with Crippen LogP contribution in [0.2, 0.25) is 0 Å². The number of amides is 1. The van der Waals surface area contributed by atoms with Crippen LogP contribution in [0.4, 0.5) is 0 Å². The Morgan fingerprint density at radius 1 is 1.25 bits per heavy atom. The second-order valence-electron chi connectivity index (χ2n) is 5.78. The monoisotopic (exact) mass is 329 g/mol. The molecule has 0 spiro atoms. The minimum Gasteiger partial charge on any atom is -0.496 e. The predicted molar refractivity (Wildman–Crippen MR) is 86.4 cm³/mol. The van der Waals surface area contributed by atoms with Gasteiger partial charge in [-0.3, -0.25) is 4.79 Å². The molecule has 1 unspecified atom stereocenters. The molecule has 126 valence electrons. The highest BCUT2D eigenvalue weighted by molar-refractivity contribution is 5.93. The molecule has 1 aromatic carbocycles. The summed E-state index contributed by atoms with van der Waals surface area (Å²) in [7, 11) is 1.63. The number of furan rings is 1. The van der Waals surface area contributed by atoms with E-state index in [9.17, 15) is 9.59 Å². The fourth-order valence-corrected chi connectivity index (χ4v) is 3.15. The number of methoxy groups -OCH3 is 1. The highest BCUT2D eigenvalue weighted by Gasteiger charge is 2.32. The van der Waals surface area contributed by atoms with Crippen LogP contribution in [0.3, 0.4) is 0 Å². The van der Waals surface area contributed by atoms with Crippen molar-refractivity contribution in [1.29, 1.82) is 0 Å². The summed E-state index contributed by atoms with van der Waals surface area (Å²) in [6.07, 6.45) is 2.51. The molecular formula is C18H19NO5. The molecule has 0 bridgehead atoms. The van der Waals surface area contributed by atoms with Crippen molar-refractivity contribution in [1.82, 2.24) is 4.90 Å². The van der Waals surface area contributed by atoms with Crippen molar-refractivity contribution in [2.24, 2.45) is 0 Å². The van der Waals surface area contributed by atoms with Crippen molar-refractivity contribution in [2.45, 2.75) is 25.3 Å². The van der Waals surface area contributed by atoms with Crippen LogP contribution in [-0.2, 0) is 6.42 Å². The molecule has 1 aliphatic heterocycles. The molecule has 1 aliphatic rings. The molecule has 3 rings (SSSR count). The van der Waals surface area contributed by atoms with Crippen molar-refractivity contribution in [2.75, 3.05) is 13.7 Å². The summed E-state index contributed by atoms with van der Waals surface area (Å²) in [5, 5.41) is 8.92. The lowest BCUT2D eigenvalue weighted by Gasteiger charge is -2.24. The number of para-hydroxylation sites is 1. The molecule has 0 aliphatic carbocycles. The van der Waals surface area contributed by atoms with Gasteiger partial charge in [-0.1, -0.05) is 18.2 Å². The molecule has 6 heteroatoms. The fraction of sp³-hybridized carbons (Fsp3) is 0.333. The number of carboxylic acid groups (broad SMARTS) is 1. The maximum Gasteiger partial charge on any atom is 0.371 e. The molecule has 0 saturated carbocycles. The van der Waals surface area contributed by atoms with E-state index in [1.165, 1.54) is 12.1 Å². The van der Waals surface area contributed by atoms with Crippen LogP contribution in [0.5, 0.6) is 5.75 Å². The van der Waals surface area contributed by atoms with Crippen molar-refractivity contribution >= 4 is 11.9 Å². The summed E-state index contributed by atoms with van der Waals surface area (Å²) in [6, 6.07) is 10.5. The topological polar surface area (TPSA) is 80.0 Å². The van der Waals surface area contributed by atoms with E-state index in [1.54, 1.807) is 12.0 Å². The normalized spacial score (nSPS) is 17.0. The number of hydrogen-bond donors (Lipinski definition) is 1. The number of nitrogens with zero attached hydrogens (tertiary/aromatic N) is 1. The van der Waals surface area contributed by atoms with Gasteiger partial charge in [-0.15, -0.1) is 0 Å². The third-order valence-electron chi connectivity index (χ3n) is 4.31. The second kappa shape index (κ2) is 6.78. The molecule has 1 fully saturated rings. The van der Waals surface area contributed by atoms with Gasteiger partial charge in [0.2, 0.25) is 5.76 Å². The number of benzene rings is 1. The van der Waals surface area contributed by atoms with E-state index in [1.807, 2.05) is 24.3 Å². The molecule has 1 aromatic heterocycles. The summed E-state index contributed by atoms with van der Waals surface area (Å²) in [6.45, 7) is 0.641. The van der Waals surface area contributed by atoms with Crippen LogP contribution in [-0.4, -0.2) is 41.6 Å². The zero-order chi connectivity index (χ0) is 17.1. The first-order chi connectivity index (χ1) is 11.6. The molecule has 2 heterocycles. The third-order valence-corrected chi connectivity index (χ3v) is 4.31. The Morgan fingerprint density at radius 3 is 2.71 bits per heavy atom. The molecule has 1 atom stereocenters. The van der Waals surface area contributed by atoms with Crippen LogP contribution < -0.4 is 4.74 Å². The Hall–Kier alpha value is -2.76. The lowest BCUT2D eigenvalue weighted by Crippen LogP contribution is -2.36. The lowest BCUT2D eigenvalue weighted by molar-refractivity contribution is 0.0646. The van der Waals surface area contributed by atoms with E-state index in [-0.39, 0.29) is 23.5 Å². The van der Waals surface area contributed by atoms with Crippen LogP contribution in [0.1, 0.15) is 39.5 Å². The van der Waals surface area contributed by atoms with E-state index < -0.39 is 5.97 Å². The lowest BCUT2D eigenvalue weighted by atomic mass is 10.0. The smallest absolute Gasteiger partial charge is 0.371 e. The average Bonchev–Trinajstić information content (AvgIpc) is 3.24. The van der Waals surface area contributed by atoms with Gasteiger partial charge in [0.05, 0.1) is 7.11 Å². The average molecular weight is 329 g/mol. The largest absolute Gasteiger partial charge is 0.496 e. The number of carbonyl (C=O) groups excluding carboxylic acids is 1. The van der Waals surface area contributed by atoms with Gasteiger partial charge in [0.25, 0.3) is 5.91 Å². The first-order valence-electron chi connectivity index (χ1n) is 7.86. The van der Waals surface area contributed by atoms with E-state index >= 15 is 0 Å². The molecule has 2 aromatic rings. The van der Waals surface area contributed by atoms with Crippen LogP contribution in [0.25, 0.3) is 0 Å². The number of likely N-dealkylation sites (tertiary alicyclic amines) is 1. The number of aromatic carboxylic acids is 1. The third kappa shape index (κ3) is 3.13. The van der Waals surface area contributed by atoms with Crippen LogP contribution in [0.15, 0.2) is 40.8 Å². The molecule has 1 N–H and O–H groups in total.